The van der Waals surface area contributed by atoms with Gasteiger partial charge in [-0.2, -0.15) is 5.10 Å². The monoisotopic (exact) mass is 536 g/mol. The summed E-state index contributed by atoms with van der Waals surface area (Å²) in [6.45, 7) is 17.9. The van der Waals surface area contributed by atoms with Gasteiger partial charge in [-0.1, -0.05) is 44.9 Å². The molecule has 0 aliphatic rings. The highest BCUT2D eigenvalue weighted by Crippen LogP contribution is 2.35. The summed E-state index contributed by atoms with van der Waals surface area (Å²) in [4.78, 5) is 14.7. The van der Waals surface area contributed by atoms with Gasteiger partial charge >= 0.3 is 0 Å². The van der Waals surface area contributed by atoms with Gasteiger partial charge in [0.15, 0.2) is 5.82 Å². The normalized spacial score (nSPS) is 12.6. The molecular formula is C31H29FN6S. The largest absolute Gasteiger partial charge is 0.358 e. The van der Waals surface area contributed by atoms with E-state index in [9.17, 15) is 0 Å². The number of nitrogens with one attached hydrogen (secondary N) is 3. The van der Waals surface area contributed by atoms with Crippen molar-refractivity contribution in [2.24, 2.45) is 0 Å². The lowest BCUT2D eigenvalue weighted by Gasteiger charge is -2.09. The van der Waals surface area contributed by atoms with Crippen LogP contribution >= 0.6 is 11.3 Å². The molecule has 0 aliphatic carbocycles. The second-order valence-electron chi connectivity index (χ2n) is 9.22. The van der Waals surface area contributed by atoms with E-state index in [-0.39, 0.29) is 5.57 Å². The quantitative estimate of drug-likeness (QED) is 0.199. The number of nitrogens with zero attached hydrogens (tertiary/aromatic N) is 3. The summed E-state index contributed by atoms with van der Waals surface area (Å²) in [5.41, 5.74) is 6.31. The predicted molar refractivity (Wildman–Crippen MR) is 162 cm³/mol. The number of anilines is 1. The van der Waals surface area contributed by atoms with Crippen LogP contribution in [0.25, 0.3) is 56.0 Å². The van der Waals surface area contributed by atoms with Crippen LogP contribution in [0.3, 0.4) is 0 Å². The number of hydrogen-bond donors (Lipinski definition) is 3. The van der Waals surface area contributed by atoms with Gasteiger partial charge in [-0.25, -0.2) is 9.37 Å². The van der Waals surface area contributed by atoms with Gasteiger partial charge < -0.3 is 10.3 Å². The Morgan fingerprint density at radius 1 is 1.15 bits per heavy atom. The van der Waals surface area contributed by atoms with Gasteiger partial charge in [-0.05, 0) is 50.1 Å². The number of imidazole rings is 1. The lowest BCUT2D eigenvalue weighted by atomic mass is 10.1. The van der Waals surface area contributed by atoms with E-state index in [0.29, 0.717) is 27.6 Å². The van der Waals surface area contributed by atoms with Crippen molar-refractivity contribution in [3.63, 3.8) is 0 Å². The number of rotatable bonds is 8. The van der Waals surface area contributed by atoms with E-state index < -0.39 is 5.83 Å². The van der Waals surface area contributed by atoms with Gasteiger partial charge in [0.25, 0.3) is 0 Å². The third kappa shape index (κ3) is 4.98. The molecule has 5 aromatic rings. The Morgan fingerprint density at radius 2 is 1.97 bits per heavy atom. The molecule has 0 amide bonds. The summed E-state index contributed by atoms with van der Waals surface area (Å²) in [5, 5.41) is 11.4. The standard InChI is InChI=1S/C31H29FN6S/c1-7-18(5)34-21-14-20(15-33-16-21)19(6)28(32)27-23(8-2)37-38-30(27)31-35-24-11-9-10-22(29(24)36-31)26-13-12-25(39-26)17(3)4/h8-16,34,37H,3,5-7H2,1-2,4H3,(H,35,36)/b23-8+,28-27-. The average molecular weight is 537 g/mol. The van der Waals surface area contributed by atoms with Crippen LogP contribution < -0.4 is 15.9 Å². The van der Waals surface area contributed by atoms with Crippen molar-refractivity contribution in [2.45, 2.75) is 27.2 Å². The van der Waals surface area contributed by atoms with Crippen molar-refractivity contribution < 1.29 is 4.39 Å². The summed E-state index contributed by atoms with van der Waals surface area (Å²) >= 11 is 1.66. The Morgan fingerprint density at radius 3 is 2.69 bits per heavy atom. The van der Waals surface area contributed by atoms with Gasteiger partial charge in [0.2, 0.25) is 0 Å². The zero-order chi connectivity index (χ0) is 27.7. The summed E-state index contributed by atoms with van der Waals surface area (Å²) < 4.78 is 16.2. The van der Waals surface area contributed by atoms with Crippen LogP contribution in [-0.4, -0.2) is 25.1 Å². The maximum Gasteiger partial charge on any atom is 0.159 e. The van der Waals surface area contributed by atoms with Crippen molar-refractivity contribution in [1.29, 1.82) is 0 Å². The van der Waals surface area contributed by atoms with E-state index in [2.05, 4.69) is 57.4 Å². The van der Waals surface area contributed by atoms with Crippen LogP contribution in [0.2, 0.25) is 0 Å². The Kier molecular flexibility index (Phi) is 7.13. The molecule has 4 heterocycles. The fourth-order valence-corrected chi connectivity index (χ4v) is 5.21. The van der Waals surface area contributed by atoms with E-state index in [1.165, 1.54) is 0 Å². The SMILES string of the molecule is C=C(CC)Nc1cncc(C(=C)/C(F)=c2/c(-c3nc4c(-c5ccc(C(=C)C)s5)cccc4[nH]3)n[nH]/c2=C/C)c1. The minimum Gasteiger partial charge on any atom is -0.358 e. The molecular weight excluding hydrogens is 507 g/mol. The molecule has 0 unspecified atom stereocenters. The number of thiophene rings is 1. The number of aromatic nitrogens is 5. The smallest absolute Gasteiger partial charge is 0.159 e. The number of allylic oxidation sites excluding steroid dienone is 3. The zero-order valence-corrected chi connectivity index (χ0v) is 23.0. The fourth-order valence-electron chi connectivity index (χ4n) is 4.26. The van der Waals surface area contributed by atoms with Crippen molar-refractivity contribution in [3.8, 4) is 22.0 Å². The maximum atomic E-state index is 16.2. The fraction of sp³-hybridized carbons (Fsp3) is 0.129. The molecule has 0 saturated carbocycles. The van der Waals surface area contributed by atoms with Crippen LogP contribution in [-0.2, 0) is 0 Å². The summed E-state index contributed by atoms with van der Waals surface area (Å²) in [7, 11) is 0. The molecule has 196 valence electrons. The van der Waals surface area contributed by atoms with Crippen molar-refractivity contribution in [1.82, 2.24) is 25.1 Å². The van der Waals surface area contributed by atoms with E-state index >= 15 is 4.39 Å². The van der Waals surface area contributed by atoms with Crippen LogP contribution in [0.4, 0.5) is 10.1 Å². The van der Waals surface area contributed by atoms with Gasteiger partial charge in [-0.3, -0.25) is 10.1 Å². The molecule has 1 aromatic carbocycles. The molecule has 3 N–H and O–H groups in total. The first kappa shape index (κ1) is 26.1. The number of pyridine rings is 1. The van der Waals surface area contributed by atoms with E-state index in [1.54, 1.807) is 35.9 Å². The third-order valence-electron chi connectivity index (χ3n) is 6.43. The minimum atomic E-state index is -0.509. The van der Waals surface area contributed by atoms with Gasteiger partial charge in [0, 0.05) is 38.3 Å². The van der Waals surface area contributed by atoms with Crippen molar-refractivity contribution in [3.05, 3.63) is 95.2 Å². The lowest BCUT2D eigenvalue weighted by Crippen LogP contribution is -2.26. The van der Waals surface area contributed by atoms with Crippen LogP contribution in [0, 0.1) is 0 Å². The molecule has 0 radical (unpaired) electrons. The predicted octanol–water partition coefficient (Wildman–Crippen LogP) is 7.04. The van der Waals surface area contributed by atoms with Gasteiger partial charge in [-0.15, -0.1) is 11.3 Å². The number of para-hydroxylation sites is 1. The molecule has 0 bridgehead atoms. The molecule has 0 spiro atoms. The molecule has 0 saturated heterocycles. The topological polar surface area (TPSA) is 82.3 Å². The first-order valence-electron chi connectivity index (χ1n) is 12.6. The second kappa shape index (κ2) is 10.7. The van der Waals surface area contributed by atoms with Crippen molar-refractivity contribution in [2.75, 3.05) is 5.32 Å². The molecule has 5 rings (SSSR count). The molecule has 6 nitrogen and oxygen atoms in total. The Balaban J connectivity index is 1.62. The highest BCUT2D eigenvalue weighted by atomic mass is 32.1. The number of halogens is 1. The van der Waals surface area contributed by atoms with Crippen molar-refractivity contribution >= 4 is 51.1 Å². The van der Waals surface area contributed by atoms with Crippen LogP contribution in [0.15, 0.2) is 74.2 Å². The molecule has 0 atom stereocenters. The summed E-state index contributed by atoms with van der Waals surface area (Å²) in [6, 6.07) is 11.9. The summed E-state index contributed by atoms with van der Waals surface area (Å²) in [6.07, 6.45) is 5.80. The average Bonchev–Trinajstić information content (AvgIpc) is 3.69. The number of aromatic amines is 2. The Hall–Kier alpha value is -4.56. The van der Waals surface area contributed by atoms with Gasteiger partial charge in [0.05, 0.1) is 33.5 Å². The number of hydrogen-bond acceptors (Lipinski definition) is 5. The zero-order valence-electron chi connectivity index (χ0n) is 22.2. The third-order valence-corrected chi connectivity index (χ3v) is 7.71. The maximum absolute atomic E-state index is 16.2. The van der Waals surface area contributed by atoms with E-state index in [4.69, 9.17) is 4.98 Å². The molecule has 0 aliphatic heterocycles. The lowest BCUT2D eigenvalue weighted by molar-refractivity contribution is 0.764. The number of fused-ring (bicyclic) bond motifs is 1. The molecule has 0 fully saturated rings. The van der Waals surface area contributed by atoms with E-state index in [0.717, 1.165) is 49.7 Å². The molecule has 4 aromatic heterocycles. The Bertz CT molecular complexity index is 1870. The Labute approximate surface area is 230 Å². The van der Waals surface area contributed by atoms with Crippen LogP contribution in [0.1, 0.15) is 37.6 Å². The minimum absolute atomic E-state index is 0.196. The highest BCUT2D eigenvalue weighted by molar-refractivity contribution is 7.16. The molecule has 8 heteroatoms. The number of benzene rings is 1. The highest BCUT2D eigenvalue weighted by Gasteiger charge is 2.18. The summed E-state index contributed by atoms with van der Waals surface area (Å²) in [5.74, 6) is -0.0469. The van der Waals surface area contributed by atoms with Gasteiger partial charge in [0.1, 0.15) is 11.5 Å². The van der Waals surface area contributed by atoms with Crippen LogP contribution in [0.5, 0.6) is 0 Å². The second-order valence-corrected chi connectivity index (χ2v) is 10.3. The number of H-pyrrole nitrogens is 2. The first-order chi connectivity index (χ1) is 18.8. The van der Waals surface area contributed by atoms with E-state index in [1.807, 2.05) is 39.0 Å². The molecule has 39 heavy (non-hydrogen) atoms. The first-order valence-corrected chi connectivity index (χ1v) is 13.4.